The molecule has 0 spiro atoms. The van der Waals surface area contributed by atoms with Crippen molar-refractivity contribution in [3.8, 4) is 0 Å². The van der Waals surface area contributed by atoms with Gasteiger partial charge in [0.1, 0.15) is 0 Å². The monoisotopic (exact) mass is 199 g/mol. The summed E-state index contributed by atoms with van der Waals surface area (Å²) in [6.07, 6.45) is 7.07. The quantitative estimate of drug-likeness (QED) is 0.360. The summed E-state index contributed by atoms with van der Waals surface area (Å²) in [6.45, 7) is 2.51. The predicted octanol–water partition coefficient (Wildman–Crippen LogP) is 2.82. The molecule has 0 aliphatic heterocycles. The van der Waals surface area contributed by atoms with Gasteiger partial charge in [0.2, 0.25) is 6.08 Å². The van der Waals surface area contributed by atoms with Gasteiger partial charge in [0.25, 0.3) is 0 Å². The highest BCUT2D eigenvalue weighted by Gasteiger charge is 1.97. The summed E-state index contributed by atoms with van der Waals surface area (Å²) in [5.41, 5.74) is 0. The second-order valence-electron chi connectivity index (χ2n) is 3.09. The number of rotatable bonds is 7. The van der Waals surface area contributed by atoms with Gasteiger partial charge in [0.05, 0.1) is 6.61 Å². The third kappa shape index (κ3) is 8.94. The van der Waals surface area contributed by atoms with Crippen molar-refractivity contribution in [2.45, 2.75) is 45.4 Å². The van der Waals surface area contributed by atoms with E-state index in [2.05, 4.69) is 16.7 Å². The number of amides is 1. The Kier molecular flexibility index (Phi) is 9.12. The molecule has 0 N–H and O–H groups in total. The van der Waals surface area contributed by atoms with Crippen LogP contribution in [-0.4, -0.2) is 18.8 Å². The van der Waals surface area contributed by atoms with Crippen molar-refractivity contribution in [1.82, 2.24) is 0 Å². The van der Waals surface area contributed by atoms with E-state index in [1.54, 1.807) is 0 Å². The molecule has 0 fully saturated rings. The highest BCUT2D eigenvalue weighted by atomic mass is 16.5. The molecule has 0 bridgehead atoms. The topological polar surface area (TPSA) is 55.7 Å². The molecule has 80 valence electrons. The minimum absolute atomic E-state index is 0.343. The molecule has 4 nitrogen and oxygen atoms in total. The van der Waals surface area contributed by atoms with E-state index in [1.165, 1.54) is 25.7 Å². The SMILES string of the molecule is CCCCCCCCOC(=O)N=C=O. The molecule has 0 radical (unpaired) electrons. The highest BCUT2D eigenvalue weighted by Crippen LogP contribution is 2.04. The van der Waals surface area contributed by atoms with E-state index in [1.807, 2.05) is 0 Å². The number of hydrogen-bond donors (Lipinski definition) is 0. The maximum absolute atomic E-state index is 10.5. The molecule has 0 saturated heterocycles. The lowest BCUT2D eigenvalue weighted by Crippen LogP contribution is -2.00. The summed E-state index contributed by atoms with van der Waals surface area (Å²) in [4.78, 5) is 23.0. The first kappa shape index (κ1) is 12.8. The van der Waals surface area contributed by atoms with E-state index in [9.17, 15) is 9.59 Å². The maximum atomic E-state index is 10.5. The van der Waals surface area contributed by atoms with Crippen LogP contribution in [0.2, 0.25) is 0 Å². The zero-order valence-corrected chi connectivity index (χ0v) is 8.62. The maximum Gasteiger partial charge on any atom is 0.444 e. The van der Waals surface area contributed by atoms with Gasteiger partial charge in [0, 0.05) is 0 Å². The summed E-state index contributed by atoms with van der Waals surface area (Å²) < 4.78 is 4.62. The number of carbonyl (C=O) groups is 1. The highest BCUT2D eigenvalue weighted by molar-refractivity contribution is 5.74. The fraction of sp³-hybridized carbons (Fsp3) is 0.800. The van der Waals surface area contributed by atoms with Crippen LogP contribution in [0.4, 0.5) is 4.79 Å². The molecule has 14 heavy (non-hydrogen) atoms. The van der Waals surface area contributed by atoms with Crippen molar-refractivity contribution >= 4 is 12.2 Å². The lowest BCUT2D eigenvalue weighted by atomic mass is 10.1. The Morgan fingerprint density at radius 3 is 2.50 bits per heavy atom. The third-order valence-corrected chi connectivity index (χ3v) is 1.86. The molecule has 4 heteroatoms. The van der Waals surface area contributed by atoms with E-state index < -0.39 is 6.09 Å². The van der Waals surface area contributed by atoms with Gasteiger partial charge >= 0.3 is 6.09 Å². The van der Waals surface area contributed by atoms with Crippen molar-refractivity contribution in [2.75, 3.05) is 6.61 Å². The fourth-order valence-electron chi connectivity index (χ4n) is 1.11. The molecule has 0 unspecified atom stereocenters. The fourth-order valence-corrected chi connectivity index (χ4v) is 1.11. The van der Waals surface area contributed by atoms with Crippen LogP contribution in [0.3, 0.4) is 0 Å². The number of unbranched alkanes of at least 4 members (excludes halogenated alkanes) is 5. The van der Waals surface area contributed by atoms with E-state index in [-0.39, 0.29) is 0 Å². The number of nitrogens with zero attached hydrogens (tertiary/aromatic N) is 1. The van der Waals surface area contributed by atoms with Gasteiger partial charge in [-0.25, -0.2) is 9.59 Å². The van der Waals surface area contributed by atoms with Crippen molar-refractivity contribution in [1.29, 1.82) is 0 Å². The van der Waals surface area contributed by atoms with E-state index in [0.717, 1.165) is 18.9 Å². The average molecular weight is 199 g/mol. The Bertz CT molecular complexity index is 198. The number of aliphatic imine (C=N–C) groups is 1. The summed E-state index contributed by atoms with van der Waals surface area (Å²) in [5.74, 6) is 0. The van der Waals surface area contributed by atoms with Crippen LogP contribution < -0.4 is 0 Å². The third-order valence-electron chi connectivity index (χ3n) is 1.86. The standard InChI is InChI=1S/C10H17NO3/c1-2-3-4-5-6-7-8-14-10(13)11-9-12/h2-8H2,1H3. The van der Waals surface area contributed by atoms with Gasteiger partial charge in [0.15, 0.2) is 0 Å². The van der Waals surface area contributed by atoms with E-state index in [4.69, 9.17) is 0 Å². The molecule has 0 aromatic heterocycles. The number of carbonyl (C=O) groups excluding carboxylic acids is 2. The van der Waals surface area contributed by atoms with Gasteiger partial charge in [-0.2, -0.15) is 0 Å². The summed E-state index contributed by atoms with van der Waals surface area (Å²) >= 11 is 0. The Balaban J connectivity index is 3.13. The Morgan fingerprint density at radius 1 is 1.21 bits per heavy atom. The minimum Gasteiger partial charge on any atom is -0.447 e. The average Bonchev–Trinajstić information content (AvgIpc) is 2.17. The molecule has 0 aliphatic rings. The first-order valence-electron chi connectivity index (χ1n) is 5.06. The largest absolute Gasteiger partial charge is 0.447 e. The van der Waals surface area contributed by atoms with Crippen LogP contribution in [0.5, 0.6) is 0 Å². The van der Waals surface area contributed by atoms with Crippen LogP contribution in [0.25, 0.3) is 0 Å². The van der Waals surface area contributed by atoms with Crippen LogP contribution in [0, 0.1) is 0 Å². The molecule has 0 aromatic carbocycles. The number of isocyanates is 1. The molecule has 0 saturated carbocycles. The summed E-state index contributed by atoms with van der Waals surface area (Å²) in [6, 6.07) is 0. The van der Waals surface area contributed by atoms with Crippen LogP contribution in [0.1, 0.15) is 45.4 Å². The second kappa shape index (κ2) is 9.93. The lowest BCUT2D eigenvalue weighted by Gasteiger charge is -2.00. The van der Waals surface area contributed by atoms with Crippen molar-refractivity contribution in [3.05, 3.63) is 0 Å². The molecule has 1 amide bonds. The number of ether oxygens (including phenoxy) is 1. The zero-order valence-electron chi connectivity index (χ0n) is 8.62. The van der Waals surface area contributed by atoms with Crippen LogP contribution in [0.15, 0.2) is 4.99 Å². The van der Waals surface area contributed by atoms with Gasteiger partial charge < -0.3 is 4.74 Å². The normalized spacial score (nSPS) is 9.21. The Hall–Kier alpha value is -1.15. The Morgan fingerprint density at radius 2 is 1.86 bits per heavy atom. The first-order valence-corrected chi connectivity index (χ1v) is 5.06. The van der Waals surface area contributed by atoms with Gasteiger partial charge in [-0.15, -0.1) is 0 Å². The van der Waals surface area contributed by atoms with Gasteiger partial charge in [-0.3, -0.25) is 0 Å². The Labute approximate surface area is 84.4 Å². The first-order chi connectivity index (χ1) is 6.81. The summed E-state index contributed by atoms with van der Waals surface area (Å²) in [5, 5.41) is 0. The molecule has 0 atom stereocenters. The molecular formula is C10H17NO3. The summed E-state index contributed by atoms with van der Waals surface area (Å²) in [7, 11) is 0. The van der Waals surface area contributed by atoms with Crippen molar-refractivity contribution in [3.63, 3.8) is 0 Å². The second-order valence-corrected chi connectivity index (χ2v) is 3.09. The van der Waals surface area contributed by atoms with Gasteiger partial charge in [-0.1, -0.05) is 44.0 Å². The van der Waals surface area contributed by atoms with Crippen LogP contribution in [-0.2, 0) is 9.53 Å². The van der Waals surface area contributed by atoms with E-state index >= 15 is 0 Å². The van der Waals surface area contributed by atoms with Crippen LogP contribution >= 0.6 is 0 Å². The number of hydrogen-bond acceptors (Lipinski definition) is 3. The minimum atomic E-state index is -0.839. The van der Waals surface area contributed by atoms with Crippen molar-refractivity contribution in [2.24, 2.45) is 4.99 Å². The smallest absolute Gasteiger partial charge is 0.444 e. The molecule has 0 heterocycles. The lowest BCUT2D eigenvalue weighted by molar-refractivity contribution is 0.155. The molecule has 0 aliphatic carbocycles. The van der Waals surface area contributed by atoms with E-state index in [0.29, 0.717) is 6.61 Å². The zero-order chi connectivity index (χ0) is 10.6. The molecular weight excluding hydrogens is 182 g/mol. The van der Waals surface area contributed by atoms with Crippen molar-refractivity contribution < 1.29 is 14.3 Å². The molecule has 0 aromatic rings. The molecule has 0 rings (SSSR count). The van der Waals surface area contributed by atoms with Gasteiger partial charge in [-0.05, 0) is 6.42 Å². The predicted molar refractivity (Wildman–Crippen MR) is 52.8 cm³/mol.